The zero-order valence-electron chi connectivity index (χ0n) is 12.9. The van der Waals surface area contributed by atoms with Gasteiger partial charge in [-0.05, 0) is 30.7 Å². The molecule has 0 aliphatic heterocycles. The number of alkyl halides is 1. The zero-order valence-corrected chi connectivity index (χ0v) is 12.9. The Balaban J connectivity index is 1.85. The van der Waals surface area contributed by atoms with Crippen LogP contribution in [-0.4, -0.2) is 34.0 Å². The second-order valence-electron chi connectivity index (χ2n) is 5.77. The lowest BCUT2D eigenvalue weighted by Gasteiger charge is -2.07. The minimum absolute atomic E-state index is 0.208. The van der Waals surface area contributed by atoms with Crippen LogP contribution in [0.1, 0.15) is 28.4 Å². The molecule has 1 aliphatic carbocycles. The third-order valence-electron chi connectivity index (χ3n) is 4.20. The van der Waals surface area contributed by atoms with Crippen LogP contribution in [0.15, 0.2) is 36.4 Å². The number of rotatable bonds is 3. The summed E-state index contributed by atoms with van der Waals surface area (Å²) in [6.07, 6.45) is -0.406. The lowest BCUT2D eigenvalue weighted by molar-refractivity contribution is 0.0947. The maximum atomic E-state index is 13.3. The van der Waals surface area contributed by atoms with E-state index in [1.807, 2.05) is 0 Å². The van der Waals surface area contributed by atoms with E-state index in [-0.39, 0.29) is 11.7 Å². The molecule has 0 spiro atoms. The van der Waals surface area contributed by atoms with E-state index in [1.54, 1.807) is 36.4 Å². The van der Waals surface area contributed by atoms with Crippen LogP contribution in [0.5, 0.6) is 5.75 Å². The molecule has 7 heteroatoms. The highest BCUT2D eigenvalue weighted by Crippen LogP contribution is 2.43. The summed E-state index contributed by atoms with van der Waals surface area (Å²) in [4.78, 5) is 17.3. The van der Waals surface area contributed by atoms with E-state index in [4.69, 9.17) is 10.5 Å². The smallest absolute Gasteiger partial charge is 0.283 e. The Morgan fingerprint density at radius 1 is 1.33 bits per heavy atom. The molecule has 0 unspecified atom stereocenters. The predicted octanol–water partition coefficient (Wildman–Crippen LogP) is 2.54. The summed E-state index contributed by atoms with van der Waals surface area (Å²) in [6.45, 7) is 0. The number of nitrogens with zero attached hydrogens (tertiary/aromatic N) is 3. The van der Waals surface area contributed by atoms with Gasteiger partial charge < -0.3 is 10.5 Å². The van der Waals surface area contributed by atoms with Gasteiger partial charge in [0.15, 0.2) is 11.5 Å². The number of pyridine rings is 1. The number of para-hydroxylation sites is 1. The Hall–Kier alpha value is -2.96. The van der Waals surface area contributed by atoms with Crippen LogP contribution in [0, 0.1) is 0 Å². The molecular formula is C17H15FN4O2. The molecule has 2 aromatic heterocycles. The molecule has 1 saturated carbocycles. The average Bonchev–Trinajstić information content (AvgIpc) is 3.25. The second kappa shape index (κ2) is 5.30. The van der Waals surface area contributed by atoms with Gasteiger partial charge in [-0.2, -0.15) is 4.68 Å². The van der Waals surface area contributed by atoms with E-state index < -0.39 is 12.1 Å². The van der Waals surface area contributed by atoms with Gasteiger partial charge in [0.1, 0.15) is 11.9 Å². The normalized spacial score (nSPS) is 19.4. The minimum atomic E-state index is -0.867. The van der Waals surface area contributed by atoms with Crippen molar-refractivity contribution in [2.45, 2.75) is 18.5 Å². The molecule has 2 heterocycles. The molecule has 1 fully saturated rings. The summed E-state index contributed by atoms with van der Waals surface area (Å²) in [7, 11) is 1.49. The van der Waals surface area contributed by atoms with E-state index in [0.717, 1.165) is 4.68 Å². The number of hydrogen-bond acceptors (Lipinski definition) is 5. The highest BCUT2D eigenvalue weighted by Gasteiger charge is 2.40. The number of nitrogens with two attached hydrogens (primary N) is 1. The standard InChI is InChI=1S/C17H15FN4O2/c1-24-14-5-3-2-4-9(14)17(23)22-16-10(15(19)21-22)6-7-13(20-16)11-8-12(11)18/h2-7,11-12H,8H2,1H3,(H2,19,21)/t11-,12-/m1/s1. The molecule has 24 heavy (non-hydrogen) atoms. The monoisotopic (exact) mass is 326 g/mol. The van der Waals surface area contributed by atoms with Crippen molar-refractivity contribution in [3.05, 3.63) is 47.7 Å². The molecular weight excluding hydrogens is 311 g/mol. The molecule has 0 radical (unpaired) electrons. The van der Waals surface area contributed by atoms with Crippen molar-refractivity contribution in [3.63, 3.8) is 0 Å². The fraction of sp³-hybridized carbons (Fsp3) is 0.235. The number of anilines is 1. The SMILES string of the molecule is COc1ccccc1C(=O)n1nc(N)c2ccc([C@@H]3C[C@H]3F)nc21. The van der Waals surface area contributed by atoms with Gasteiger partial charge in [0, 0.05) is 11.6 Å². The molecule has 4 rings (SSSR count). The van der Waals surface area contributed by atoms with Gasteiger partial charge >= 0.3 is 0 Å². The number of halogens is 1. The van der Waals surface area contributed by atoms with Gasteiger partial charge in [-0.1, -0.05) is 12.1 Å². The summed E-state index contributed by atoms with van der Waals surface area (Å²) < 4.78 is 19.7. The summed E-state index contributed by atoms with van der Waals surface area (Å²) >= 11 is 0. The van der Waals surface area contributed by atoms with Gasteiger partial charge in [0.05, 0.1) is 18.1 Å². The quantitative estimate of drug-likeness (QED) is 0.799. The first-order valence-corrected chi connectivity index (χ1v) is 7.57. The summed E-state index contributed by atoms with van der Waals surface area (Å²) in [5.74, 6) is 0.0403. The van der Waals surface area contributed by atoms with Crippen molar-refractivity contribution < 1.29 is 13.9 Å². The third kappa shape index (κ3) is 2.20. The number of benzene rings is 1. The molecule has 6 nitrogen and oxygen atoms in total. The van der Waals surface area contributed by atoms with E-state index >= 15 is 0 Å². The van der Waals surface area contributed by atoms with E-state index in [0.29, 0.717) is 34.5 Å². The maximum absolute atomic E-state index is 13.3. The summed E-state index contributed by atoms with van der Waals surface area (Å²) in [5.41, 5.74) is 7.20. The van der Waals surface area contributed by atoms with Crippen molar-refractivity contribution in [3.8, 4) is 5.75 Å². The topological polar surface area (TPSA) is 83.0 Å². The lowest BCUT2D eigenvalue weighted by Crippen LogP contribution is -2.15. The van der Waals surface area contributed by atoms with Crippen LogP contribution in [0.4, 0.5) is 10.2 Å². The Bertz CT molecular complexity index is 953. The van der Waals surface area contributed by atoms with Crippen molar-refractivity contribution in [1.29, 1.82) is 0 Å². The maximum Gasteiger partial charge on any atom is 0.283 e. The molecule has 1 aromatic carbocycles. The number of aromatic nitrogens is 3. The van der Waals surface area contributed by atoms with Crippen molar-refractivity contribution in [2.24, 2.45) is 0 Å². The number of nitrogen functional groups attached to an aromatic ring is 1. The number of ether oxygens (including phenoxy) is 1. The predicted molar refractivity (Wildman–Crippen MR) is 86.9 cm³/mol. The second-order valence-corrected chi connectivity index (χ2v) is 5.77. The number of hydrogen-bond donors (Lipinski definition) is 1. The average molecular weight is 326 g/mol. The number of carbonyl (C=O) groups excluding carboxylic acids is 1. The van der Waals surface area contributed by atoms with Crippen LogP contribution in [0.25, 0.3) is 11.0 Å². The highest BCUT2D eigenvalue weighted by atomic mass is 19.1. The summed E-state index contributed by atoms with van der Waals surface area (Å²) in [5, 5.41) is 4.68. The molecule has 0 amide bonds. The van der Waals surface area contributed by atoms with Crippen LogP contribution < -0.4 is 10.5 Å². The minimum Gasteiger partial charge on any atom is -0.496 e. The molecule has 1 aliphatic rings. The molecule has 122 valence electrons. The largest absolute Gasteiger partial charge is 0.496 e. The van der Waals surface area contributed by atoms with Gasteiger partial charge in [0.2, 0.25) is 0 Å². The number of carbonyl (C=O) groups is 1. The Morgan fingerprint density at radius 3 is 2.79 bits per heavy atom. The van der Waals surface area contributed by atoms with Gasteiger partial charge in [-0.25, -0.2) is 9.37 Å². The van der Waals surface area contributed by atoms with Crippen LogP contribution >= 0.6 is 0 Å². The molecule has 2 N–H and O–H groups in total. The van der Waals surface area contributed by atoms with E-state index in [9.17, 15) is 9.18 Å². The third-order valence-corrected chi connectivity index (χ3v) is 4.20. The van der Waals surface area contributed by atoms with Crippen molar-refractivity contribution in [2.75, 3.05) is 12.8 Å². The highest BCUT2D eigenvalue weighted by molar-refractivity contribution is 6.03. The first-order chi connectivity index (χ1) is 11.6. The zero-order chi connectivity index (χ0) is 16.8. The number of fused-ring (bicyclic) bond motifs is 1. The fourth-order valence-electron chi connectivity index (χ4n) is 2.79. The molecule has 2 atom stereocenters. The van der Waals surface area contributed by atoms with Crippen molar-refractivity contribution in [1.82, 2.24) is 14.8 Å². The number of methoxy groups -OCH3 is 1. The summed E-state index contributed by atoms with van der Waals surface area (Å²) in [6, 6.07) is 10.3. The first-order valence-electron chi connectivity index (χ1n) is 7.57. The van der Waals surface area contributed by atoms with E-state index in [1.165, 1.54) is 7.11 Å². The lowest BCUT2D eigenvalue weighted by atomic mass is 10.2. The Labute approximate surface area is 137 Å². The first kappa shape index (κ1) is 14.6. The van der Waals surface area contributed by atoms with E-state index in [2.05, 4.69) is 10.1 Å². The molecule has 0 bridgehead atoms. The Kier molecular flexibility index (Phi) is 3.23. The van der Waals surface area contributed by atoms with Crippen molar-refractivity contribution >= 4 is 22.8 Å². The van der Waals surface area contributed by atoms with Gasteiger partial charge in [0.25, 0.3) is 5.91 Å². The molecule has 3 aromatic rings. The fourth-order valence-corrected chi connectivity index (χ4v) is 2.79. The van der Waals surface area contributed by atoms with Gasteiger partial charge in [-0.15, -0.1) is 5.10 Å². The van der Waals surface area contributed by atoms with Gasteiger partial charge in [-0.3, -0.25) is 4.79 Å². The Morgan fingerprint density at radius 2 is 2.08 bits per heavy atom. The van der Waals surface area contributed by atoms with Crippen LogP contribution in [0.2, 0.25) is 0 Å². The molecule has 0 saturated heterocycles. The van der Waals surface area contributed by atoms with Crippen LogP contribution in [0.3, 0.4) is 0 Å². The van der Waals surface area contributed by atoms with Crippen LogP contribution in [-0.2, 0) is 0 Å².